The summed E-state index contributed by atoms with van der Waals surface area (Å²) >= 11 is 11.7. The van der Waals surface area contributed by atoms with Crippen molar-refractivity contribution < 1.29 is 19.2 Å². The van der Waals surface area contributed by atoms with Crippen LogP contribution >= 0.6 is 23.2 Å². The molecule has 2 aliphatic rings. The van der Waals surface area contributed by atoms with E-state index in [1.54, 1.807) is 0 Å². The molecule has 4 N–H and O–H groups in total. The Kier molecular flexibility index (Phi) is 8.49. The first-order valence-electron chi connectivity index (χ1n) is 8.93. The average molecular weight is 451 g/mol. The Morgan fingerprint density at radius 3 is 1.50 bits per heavy atom. The summed E-state index contributed by atoms with van der Waals surface area (Å²) in [5, 5.41) is 2.36. The molecule has 0 saturated heterocycles. The van der Waals surface area contributed by atoms with Crippen LogP contribution in [-0.2, 0) is 19.2 Å². The van der Waals surface area contributed by atoms with Gasteiger partial charge >= 0.3 is 0 Å². The predicted octanol–water partition coefficient (Wildman–Crippen LogP) is 2.24. The largest absolute Gasteiger partial charge is 0.289 e. The van der Waals surface area contributed by atoms with Crippen molar-refractivity contribution in [2.24, 2.45) is 11.7 Å². The third kappa shape index (κ3) is 6.93. The minimum absolute atomic E-state index is 0.0717. The van der Waals surface area contributed by atoms with Crippen LogP contribution < -0.4 is 11.7 Å². The van der Waals surface area contributed by atoms with Gasteiger partial charge in [-0.2, -0.15) is 0 Å². The molecule has 0 bridgehead atoms. The number of unbranched alkanes of at least 4 members (excludes halogenated alkanes) is 1. The first-order valence-corrected chi connectivity index (χ1v) is 9.69. The van der Waals surface area contributed by atoms with Gasteiger partial charge in [0.05, 0.1) is 0 Å². The van der Waals surface area contributed by atoms with Crippen molar-refractivity contribution in [1.82, 2.24) is 10.0 Å². The fraction of sp³-hybridized carbons (Fsp3) is 0.200. The number of allylic oxidation sites excluding steroid dienone is 10. The van der Waals surface area contributed by atoms with Crippen molar-refractivity contribution in [1.29, 1.82) is 0 Å². The zero-order valence-corrected chi connectivity index (χ0v) is 17.4. The summed E-state index contributed by atoms with van der Waals surface area (Å²) in [4.78, 5) is 47.7. The fourth-order valence-corrected chi connectivity index (χ4v) is 2.86. The molecule has 0 radical (unpaired) electrons. The van der Waals surface area contributed by atoms with Crippen LogP contribution in [0, 0.1) is 0 Å². The number of hydrogen-bond acceptors (Lipinski definition) is 6. The Morgan fingerprint density at radius 1 is 0.767 bits per heavy atom. The summed E-state index contributed by atoms with van der Waals surface area (Å²) < 4.78 is 0. The van der Waals surface area contributed by atoms with Gasteiger partial charge in [-0.05, 0) is 49.3 Å². The Hall–Kier alpha value is -2.78. The maximum Gasteiger partial charge on any atom is 0.240 e. The van der Waals surface area contributed by atoms with E-state index in [0.717, 1.165) is 10.0 Å². The fourth-order valence-electron chi connectivity index (χ4n) is 2.49. The minimum atomic E-state index is -0.423. The molecule has 0 atom stereocenters. The molecule has 0 aromatic carbocycles. The molecule has 0 unspecified atom stereocenters. The molecule has 8 nitrogen and oxygen atoms in total. The molecule has 2 rings (SSSR count). The van der Waals surface area contributed by atoms with E-state index < -0.39 is 11.8 Å². The minimum Gasteiger partial charge on any atom is -0.289 e. The summed E-state index contributed by atoms with van der Waals surface area (Å²) in [6, 6.07) is 0. The zero-order valence-electron chi connectivity index (χ0n) is 15.9. The predicted molar refractivity (Wildman–Crippen MR) is 113 cm³/mol. The number of hydrazine groups is 2. The van der Waals surface area contributed by atoms with Gasteiger partial charge in [0.2, 0.25) is 11.8 Å². The van der Waals surface area contributed by atoms with E-state index in [1.165, 1.54) is 48.9 Å². The molecule has 0 aromatic rings. The molecule has 0 saturated carbocycles. The number of halogens is 2. The topological polar surface area (TPSA) is 127 Å². The zero-order chi connectivity index (χ0) is 22.3. The van der Waals surface area contributed by atoms with Gasteiger partial charge in [-0.1, -0.05) is 23.2 Å². The lowest BCUT2D eigenvalue weighted by Gasteiger charge is -2.15. The second kappa shape index (κ2) is 10.8. The number of hydrogen-bond donors (Lipinski definition) is 2. The highest BCUT2D eigenvalue weighted by Gasteiger charge is 2.15. The highest BCUT2D eigenvalue weighted by molar-refractivity contribution is 6.33. The Morgan fingerprint density at radius 2 is 1.13 bits per heavy atom. The summed E-state index contributed by atoms with van der Waals surface area (Å²) in [5.41, 5.74) is 0.392. The molecule has 30 heavy (non-hydrogen) atoms. The average Bonchev–Trinajstić information content (AvgIpc) is 2.70. The second-order valence-corrected chi connectivity index (χ2v) is 7.30. The summed E-state index contributed by atoms with van der Waals surface area (Å²) in [6.07, 6.45) is 11.6. The maximum absolute atomic E-state index is 12.1. The lowest BCUT2D eigenvalue weighted by molar-refractivity contribution is -0.130. The quantitative estimate of drug-likeness (QED) is 0.201. The summed E-state index contributed by atoms with van der Waals surface area (Å²) in [6.45, 7) is 0. The smallest absolute Gasteiger partial charge is 0.240 e. The van der Waals surface area contributed by atoms with E-state index in [1.807, 2.05) is 0 Å². The number of amides is 2. The van der Waals surface area contributed by atoms with Gasteiger partial charge in [-0.25, -0.2) is 11.7 Å². The third-order valence-corrected chi connectivity index (χ3v) is 4.58. The third-order valence-electron chi connectivity index (χ3n) is 4.11. The second-order valence-electron chi connectivity index (χ2n) is 6.43. The Labute approximate surface area is 183 Å². The molecule has 0 fully saturated rings. The molecular weight excluding hydrogens is 431 g/mol. The van der Waals surface area contributed by atoms with Crippen LogP contribution in [0.25, 0.3) is 0 Å². The van der Waals surface area contributed by atoms with Crippen molar-refractivity contribution in [2.75, 3.05) is 0 Å². The van der Waals surface area contributed by atoms with E-state index in [4.69, 9.17) is 34.9 Å². The van der Waals surface area contributed by atoms with Crippen molar-refractivity contribution in [3.8, 4) is 0 Å². The van der Waals surface area contributed by atoms with Crippen molar-refractivity contribution >= 4 is 46.6 Å². The van der Waals surface area contributed by atoms with Crippen LogP contribution in [0.4, 0.5) is 0 Å². The number of carbonyl (C=O) groups excluding carboxylic acids is 4. The molecule has 0 spiro atoms. The van der Waals surface area contributed by atoms with Gasteiger partial charge in [0.25, 0.3) is 0 Å². The van der Waals surface area contributed by atoms with Crippen molar-refractivity contribution in [2.45, 2.75) is 25.7 Å². The molecule has 0 heterocycles. The van der Waals surface area contributed by atoms with Crippen molar-refractivity contribution in [3.05, 3.63) is 70.1 Å². The molecule has 2 amide bonds. The highest BCUT2D eigenvalue weighted by Crippen LogP contribution is 2.17. The van der Waals surface area contributed by atoms with Crippen LogP contribution in [0.5, 0.6) is 0 Å². The van der Waals surface area contributed by atoms with Crippen LogP contribution in [0.3, 0.4) is 0 Å². The Balaban J connectivity index is 1.79. The highest BCUT2D eigenvalue weighted by atomic mass is 35.5. The number of rotatable bonds is 7. The molecule has 158 valence electrons. The van der Waals surface area contributed by atoms with Gasteiger partial charge in [-0.3, -0.25) is 29.2 Å². The van der Waals surface area contributed by atoms with Gasteiger partial charge in [0, 0.05) is 46.5 Å². The van der Waals surface area contributed by atoms with Crippen LogP contribution in [0.15, 0.2) is 70.1 Å². The van der Waals surface area contributed by atoms with Gasteiger partial charge in [0.15, 0.2) is 11.6 Å². The van der Waals surface area contributed by atoms with Crippen LogP contribution in [-0.4, -0.2) is 33.4 Å². The van der Waals surface area contributed by atoms with Crippen LogP contribution in [0.1, 0.15) is 25.7 Å². The Bertz CT molecular complexity index is 868. The SMILES string of the molecule is NN(C=C1C=C(Cl)C=CC1=O)C(=O)CCCCC(=O)N(N)C=C1C=C(Cl)C=CC1=O. The van der Waals surface area contributed by atoms with E-state index in [2.05, 4.69) is 0 Å². The standard InChI is InChI=1S/C20H20Cl2N4O4/c21-15-5-7-17(27)13(9-15)11-25(23)19(29)3-1-2-4-20(30)26(24)12-14-10-16(22)6-8-18(14)28/h5-12H,1-4,23-24H2. The number of nitrogens with two attached hydrogens (primary N) is 2. The van der Waals surface area contributed by atoms with E-state index in [9.17, 15) is 19.2 Å². The number of carbonyl (C=O) groups is 4. The number of ketones is 2. The van der Waals surface area contributed by atoms with E-state index >= 15 is 0 Å². The molecule has 2 aliphatic carbocycles. The van der Waals surface area contributed by atoms with Gasteiger partial charge in [-0.15, -0.1) is 0 Å². The molecule has 0 aliphatic heterocycles. The maximum atomic E-state index is 12.1. The molecule has 0 aromatic heterocycles. The normalized spacial score (nSPS) is 18.5. The van der Waals surface area contributed by atoms with Gasteiger partial charge < -0.3 is 0 Å². The monoisotopic (exact) mass is 450 g/mol. The first-order chi connectivity index (χ1) is 14.2. The molecule has 10 heteroatoms. The first kappa shape index (κ1) is 23.5. The van der Waals surface area contributed by atoms with Crippen LogP contribution in [0.2, 0.25) is 0 Å². The van der Waals surface area contributed by atoms with Gasteiger partial charge in [0.1, 0.15) is 0 Å². The lowest BCUT2D eigenvalue weighted by Crippen LogP contribution is -2.34. The summed E-state index contributed by atoms with van der Waals surface area (Å²) in [5.74, 6) is 9.88. The summed E-state index contributed by atoms with van der Waals surface area (Å²) in [7, 11) is 0. The van der Waals surface area contributed by atoms with E-state index in [0.29, 0.717) is 22.9 Å². The lowest BCUT2D eigenvalue weighted by atomic mass is 10.1. The van der Waals surface area contributed by atoms with Crippen molar-refractivity contribution in [3.63, 3.8) is 0 Å². The molecular formula is C20H20Cl2N4O4. The number of nitrogens with zero attached hydrogens (tertiary/aromatic N) is 2. The van der Waals surface area contributed by atoms with E-state index in [-0.39, 0.29) is 35.6 Å².